The summed E-state index contributed by atoms with van der Waals surface area (Å²) >= 11 is 0. The Morgan fingerprint density at radius 1 is 1.15 bits per heavy atom. The second-order valence-corrected chi connectivity index (χ2v) is 5.31. The van der Waals surface area contributed by atoms with E-state index in [1.54, 1.807) is 37.4 Å². The molecule has 0 aliphatic rings. The minimum absolute atomic E-state index is 0.0221. The monoisotopic (exact) mass is 358 g/mol. The number of methoxy groups -OCH3 is 2. The number of hydrazone groups is 1. The van der Waals surface area contributed by atoms with E-state index in [1.807, 2.05) is 6.92 Å². The number of carbonyl (C=O) groups is 1. The van der Waals surface area contributed by atoms with Gasteiger partial charge in [-0.25, -0.2) is 5.43 Å². The second-order valence-electron chi connectivity index (χ2n) is 5.31. The number of nitrogens with zero attached hydrogens (tertiary/aromatic N) is 1. The average Bonchev–Trinajstić information content (AvgIpc) is 2.63. The number of phenols is 1. The van der Waals surface area contributed by atoms with Crippen molar-refractivity contribution < 1.29 is 24.1 Å². The van der Waals surface area contributed by atoms with E-state index in [9.17, 15) is 9.90 Å². The lowest BCUT2D eigenvalue weighted by Crippen LogP contribution is -2.19. The molecule has 0 spiro atoms. The molecule has 0 saturated carbocycles. The molecule has 0 bridgehead atoms. The van der Waals surface area contributed by atoms with Crippen LogP contribution in [0, 0.1) is 0 Å². The van der Waals surface area contributed by atoms with Crippen molar-refractivity contribution in [3.05, 3.63) is 47.5 Å². The molecule has 0 aliphatic carbocycles. The maximum atomic E-state index is 12.0. The van der Waals surface area contributed by atoms with Crippen molar-refractivity contribution >= 4 is 12.1 Å². The lowest BCUT2D eigenvalue weighted by atomic mass is 10.1. The SMILES string of the molecule is CCOc1ccc(/C=N\NC(=O)Cc2ccc(OC)c(OC)c2)c(O)c1. The van der Waals surface area contributed by atoms with Crippen LogP contribution < -0.4 is 19.6 Å². The molecule has 138 valence electrons. The zero-order chi connectivity index (χ0) is 18.9. The minimum atomic E-state index is -0.293. The average molecular weight is 358 g/mol. The number of ether oxygens (including phenoxy) is 3. The highest BCUT2D eigenvalue weighted by molar-refractivity contribution is 5.85. The summed E-state index contributed by atoms with van der Waals surface area (Å²) in [7, 11) is 3.09. The molecule has 0 fully saturated rings. The van der Waals surface area contributed by atoms with E-state index in [0.717, 1.165) is 5.56 Å². The molecule has 2 N–H and O–H groups in total. The van der Waals surface area contributed by atoms with Gasteiger partial charge in [-0.1, -0.05) is 6.07 Å². The Labute approximate surface area is 152 Å². The van der Waals surface area contributed by atoms with Gasteiger partial charge < -0.3 is 19.3 Å². The zero-order valence-electron chi connectivity index (χ0n) is 15.0. The van der Waals surface area contributed by atoms with Crippen molar-refractivity contribution in [1.82, 2.24) is 5.43 Å². The minimum Gasteiger partial charge on any atom is -0.507 e. The standard InChI is InChI=1S/C19H22N2O5/c1-4-26-15-7-6-14(16(22)11-15)12-20-21-19(23)10-13-5-8-17(24-2)18(9-13)25-3/h5-9,11-12,22H,4,10H2,1-3H3,(H,21,23)/b20-12-. The highest BCUT2D eigenvalue weighted by Crippen LogP contribution is 2.27. The van der Waals surface area contributed by atoms with Crippen LogP contribution in [0.3, 0.4) is 0 Å². The number of rotatable bonds is 8. The van der Waals surface area contributed by atoms with Gasteiger partial charge in [-0.15, -0.1) is 0 Å². The predicted octanol–water partition coefficient (Wildman–Crippen LogP) is 2.50. The van der Waals surface area contributed by atoms with Crippen molar-refractivity contribution in [2.45, 2.75) is 13.3 Å². The summed E-state index contributed by atoms with van der Waals surface area (Å²) in [5, 5.41) is 13.8. The quantitative estimate of drug-likeness (QED) is 0.559. The Kier molecular flexibility index (Phi) is 6.84. The maximum absolute atomic E-state index is 12.0. The third-order valence-corrected chi connectivity index (χ3v) is 3.52. The largest absolute Gasteiger partial charge is 0.507 e. The van der Waals surface area contributed by atoms with Crippen LogP contribution >= 0.6 is 0 Å². The Hall–Kier alpha value is -3.22. The Morgan fingerprint density at radius 2 is 1.92 bits per heavy atom. The molecule has 0 heterocycles. The van der Waals surface area contributed by atoms with Gasteiger partial charge in [0, 0.05) is 11.6 Å². The highest BCUT2D eigenvalue weighted by Gasteiger charge is 2.08. The molecule has 7 heteroatoms. The smallest absolute Gasteiger partial charge is 0.244 e. The van der Waals surface area contributed by atoms with Crippen LogP contribution in [0.25, 0.3) is 0 Å². The number of nitrogens with one attached hydrogen (secondary N) is 1. The van der Waals surface area contributed by atoms with E-state index < -0.39 is 0 Å². The first kappa shape index (κ1) is 19.1. The summed E-state index contributed by atoms with van der Waals surface area (Å²) in [6, 6.07) is 10.1. The number of hydrogen-bond donors (Lipinski definition) is 2. The number of benzene rings is 2. The summed E-state index contributed by atoms with van der Waals surface area (Å²) in [6.45, 7) is 2.37. The van der Waals surface area contributed by atoms with E-state index in [2.05, 4.69) is 10.5 Å². The fourth-order valence-electron chi connectivity index (χ4n) is 2.28. The predicted molar refractivity (Wildman–Crippen MR) is 98.3 cm³/mol. The van der Waals surface area contributed by atoms with E-state index >= 15 is 0 Å². The van der Waals surface area contributed by atoms with Crippen molar-refractivity contribution in [2.24, 2.45) is 5.10 Å². The van der Waals surface area contributed by atoms with Gasteiger partial charge in [0.1, 0.15) is 11.5 Å². The first-order valence-corrected chi connectivity index (χ1v) is 8.06. The van der Waals surface area contributed by atoms with Crippen LogP contribution in [0.2, 0.25) is 0 Å². The van der Waals surface area contributed by atoms with Crippen LogP contribution in [-0.2, 0) is 11.2 Å². The van der Waals surface area contributed by atoms with Crippen LogP contribution in [0.15, 0.2) is 41.5 Å². The number of amides is 1. The van der Waals surface area contributed by atoms with E-state index in [1.165, 1.54) is 19.4 Å². The molecule has 0 atom stereocenters. The first-order chi connectivity index (χ1) is 12.6. The van der Waals surface area contributed by atoms with Crippen LogP contribution in [0.5, 0.6) is 23.0 Å². The second kappa shape index (κ2) is 9.31. The van der Waals surface area contributed by atoms with Gasteiger partial charge >= 0.3 is 0 Å². The Bertz CT molecular complexity index is 789. The summed E-state index contributed by atoms with van der Waals surface area (Å²) in [6.07, 6.45) is 1.50. The van der Waals surface area contributed by atoms with Crippen LogP contribution in [-0.4, -0.2) is 38.1 Å². The molecule has 1 amide bonds. The molecule has 0 aromatic heterocycles. The fraction of sp³-hybridized carbons (Fsp3) is 0.263. The molecule has 2 rings (SSSR count). The fourth-order valence-corrected chi connectivity index (χ4v) is 2.28. The number of aromatic hydroxyl groups is 1. The highest BCUT2D eigenvalue weighted by atomic mass is 16.5. The molecule has 2 aromatic rings. The Morgan fingerprint density at radius 3 is 2.58 bits per heavy atom. The normalized spacial score (nSPS) is 10.6. The first-order valence-electron chi connectivity index (χ1n) is 8.06. The molecule has 7 nitrogen and oxygen atoms in total. The molecule has 0 aliphatic heterocycles. The van der Waals surface area contributed by atoms with Gasteiger partial charge in [-0.2, -0.15) is 5.10 Å². The van der Waals surface area contributed by atoms with Crippen molar-refractivity contribution in [3.8, 4) is 23.0 Å². The number of carbonyl (C=O) groups excluding carboxylic acids is 1. The van der Waals surface area contributed by atoms with Crippen molar-refractivity contribution in [2.75, 3.05) is 20.8 Å². The summed E-state index contributed by atoms with van der Waals surface area (Å²) in [5.41, 5.74) is 3.66. The summed E-state index contributed by atoms with van der Waals surface area (Å²) in [5.74, 6) is 1.45. The van der Waals surface area contributed by atoms with Gasteiger partial charge in [-0.3, -0.25) is 4.79 Å². The molecular weight excluding hydrogens is 336 g/mol. The van der Waals surface area contributed by atoms with Crippen LogP contribution in [0.4, 0.5) is 0 Å². The van der Waals surface area contributed by atoms with Crippen molar-refractivity contribution in [3.63, 3.8) is 0 Å². The van der Waals surface area contributed by atoms with Gasteiger partial charge in [0.05, 0.1) is 33.5 Å². The number of hydrogen-bond acceptors (Lipinski definition) is 6. The molecular formula is C19H22N2O5. The van der Waals surface area contributed by atoms with Crippen LogP contribution in [0.1, 0.15) is 18.1 Å². The van der Waals surface area contributed by atoms with E-state index in [-0.39, 0.29) is 18.1 Å². The summed E-state index contributed by atoms with van der Waals surface area (Å²) in [4.78, 5) is 12.0. The molecule has 0 radical (unpaired) electrons. The van der Waals surface area contributed by atoms with Gasteiger partial charge in [0.15, 0.2) is 11.5 Å². The molecule has 0 unspecified atom stereocenters. The Balaban J connectivity index is 1.95. The van der Waals surface area contributed by atoms with Gasteiger partial charge in [0.2, 0.25) is 5.91 Å². The number of phenolic OH excluding ortho intramolecular Hbond substituents is 1. The zero-order valence-corrected chi connectivity index (χ0v) is 15.0. The lowest BCUT2D eigenvalue weighted by molar-refractivity contribution is -0.120. The lowest BCUT2D eigenvalue weighted by Gasteiger charge is -2.09. The third-order valence-electron chi connectivity index (χ3n) is 3.52. The maximum Gasteiger partial charge on any atom is 0.244 e. The molecule has 26 heavy (non-hydrogen) atoms. The molecule has 2 aromatic carbocycles. The van der Waals surface area contributed by atoms with Gasteiger partial charge in [0.25, 0.3) is 0 Å². The van der Waals surface area contributed by atoms with E-state index in [4.69, 9.17) is 14.2 Å². The molecule has 0 saturated heterocycles. The van der Waals surface area contributed by atoms with E-state index in [0.29, 0.717) is 29.4 Å². The topological polar surface area (TPSA) is 89.4 Å². The third kappa shape index (κ3) is 5.14. The van der Waals surface area contributed by atoms with Crippen molar-refractivity contribution in [1.29, 1.82) is 0 Å². The summed E-state index contributed by atoms with van der Waals surface area (Å²) < 4.78 is 15.7. The van der Waals surface area contributed by atoms with Gasteiger partial charge in [-0.05, 0) is 36.8 Å².